The highest BCUT2D eigenvalue weighted by Gasteiger charge is 2.16. The zero-order valence-corrected chi connectivity index (χ0v) is 9.00. The average Bonchev–Trinajstić information content (AvgIpc) is 2.38. The lowest BCUT2D eigenvalue weighted by molar-refractivity contribution is -0.139. The summed E-state index contributed by atoms with van der Waals surface area (Å²) in [7, 11) is 0. The molecular formula is C14H14O2. The molecule has 0 bridgehead atoms. The molecule has 82 valence electrons. The molecule has 0 saturated carbocycles. The highest BCUT2D eigenvalue weighted by molar-refractivity contribution is 5.13. The fourth-order valence-corrected chi connectivity index (χ4v) is 1.53. The minimum atomic E-state index is -0.324. The summed E-state index contributed by atoms with van der Waals surface area (Å²) in [4.78, 5) is 0. The van der Waals surface area contributed by atoms with Crippen molar-refractivity contribution in [2.75, 3.05) is 0 Å². The summed E-state index contributed by atoms with van der Waals surface area (Å²) in [5, 5.41) is 0. The van der Waals surface area contributed by atoms with Crippen LogP contribution in [0.15, 0.2) is 42.5 Å². The van der Waals surface area contributed by atoms with Gasteiger partial charge in [0.25, 0.3) is 0 Å². The van der Waals surface area contributed by atoms with Gasteiger partial charge in [0.1, 0.15) is 6.10 Å². The van der Waals surface area contributed by atoms with Crippen molar-refractivity contribution in [1.82, 2.24) is 0 Å². The lowest BCUT2D eigenvalue weighted by atomic mass is 10.2. The number of benzene rings is 1. The van der Waals surface area contributed by atoms with E-state index in [0.717, 1.165) is 12.0 Å². The van der Waals surface area contributed by atoms with Gasteiger partial charge < -0.3 is 9.47 Å². The molecule has 0 radical (unpaired) electrons. The molecule has 0 spiro atoms. The molecule has 0 unspecified atom stereocenters. The van der Waals surface area contributed by atoms with Crippen molar-refractivity contribution in [2.45, 2.75) is 25.4 Å². The summed E-state index contributed by atoms with van der Waals surface area (Å²) >= 11 is 0. The largest absolute Gasteiger partial charge is 0.344 e. The zero-order chi connectivity index (χ0) is 11.2. The first-order valence-corrected chi connectivity index (χ1v) is 5.32. The fourth-order valence-electron chi connectivity index (χ4n) is 1.53. The van der Waals surface area contributed by atoms with Crippen molar-refractivity contribution < 1.29 is 9.47 Å². The molecule has 0 aliphatic carbocycles. The first-order chi connectivity index (χ1) is 7.88. The molecule has 1 aromatic carbocycles. The van der Waals surface area contributed by atoms with Gasteiger partial charge in [0.05, 0.1) is 6.61 Å². The second-order valence-electron chi connectivity index (χ2n) is 3.62. The van der Waals surface area contributed by atoms with Gasteiger partial charge in [0.15, 0.2) is 6.29 Å². The van der Waals surface area contributed by atoms with Crippen LogP contribution >= 0.6 is 0 Å². The number of hydrogen-bond donors (Lipinski definition) is 0. The highest BCUT2D eigenvalue weighted by Crippen LogP contribution is 2.14. The van der Waals surface area contributed by atoms with Gasteiger partial charge in [-0.2, -0.15) is 0 Å². The Labute approximate surface area is 95.9 Å². The normalized spacial score (nSPS) is 23.9. The maximum absolute atomic E-state index is 5.60. The van der Waals surface area contributed by atoms with E-state index in [-0.39, 0.29) is 12.4 Å². The minimum absolute atomic E-state index is 0.161. The molecule has 0 N–H and O–H groups in total. The smallest absolute Gasteiger partial charge is 0.178 e. The van der Waals surface area contributed by atoms with Gasteiger partial charge in [-0.05, 0) is 11.6 Å². The number of hydrogen-bond acceptors (Lipinski definition) is 2. The first kappa shape index (κ1) is 10.9. The summed E-state index contributed by atoms with van der Waals surface area (Å²) < 4.78 is 11.1. The van der Waals surface area contributed by atoms with Crippen molar-refractivity contribution in [3.05, 3.63) is 48.0 Å². The van der Waals surface area contributed by atoms with Crippen LogP contribution in [0, 0.1) is 12.3 Å². The third-order valence-corrected chi connectivity index (χ3v) is 2.38. The van der Waals surface area contributed by atoms with E-state index in [2.05, 4.69) is 5.92 Å². The molecule has 2 nitrogen and oxygen atoms in total. The highest BCUT2D eigenvalue weighted by atomic mass is 16.7. The van der Waals surface area contributed by atoms with E-state index < -0.39 is 0 Å². The maximum atomic E-state index is 5.60. The molecule has 0 fully saturated rings. The third-order valence-electron chi connectivity index (χ3n) is 2.38. The van der Waals surface area contributed by atoms with Crippen LogP contribution in [0.3, 0.4) is 0 Å². The van der Waals surface area contributed by atoms with E-state index in [9.17, 15) is 0 Å². The van der Waals surface area contributed by atoms with Gasteiger partial charge in [-0.25, -0.2) is 0 Å². The van der Waals surface area contributed by atoms with Crippen molar-refractivity contribution in [3.63, 3.8) is 0 Å². The molecule has 2 atom stereocenters. The summed E-state index contributed by atoms with van der Waals surface area (Å²) in [6, 6.07) is 9.99. The van der Waals surface area contributed by atoms with Crippen LogP contribution in [-0.4, -0.2) is 12.4 Å². The molecule has 1 aromatic rings. The predicted octanol–water partition coefficient (Wildman–Crippen LogP) is 2.51. The lowest BCUT2D eigenvalue weighted by Crippen LogP contribution is -2.24. The van der Waals surface area contributed by atoms with Gasteiger partial charge in [0.2, 0.25) is 0 Å². The van der Waals surface area contributed by atoms with Crippen LogP contribution in [0.5, 0.6) is 0 Å². The zero-order valence-electron chi connectivity index (χ0n) is 9.00. The Balaban J connectivity index is 1.85. The van der Waals surface area contributed by atoms with Gasteiger partial charge in [0, 0.05) is 6.42 Å². The fraction of sp³-hybridized carbons (Fsp3) is 0.286. The van der Waals surface area contributed by atoms with Gasteiger partial charge >= 0.3 is 0 Å². The van der Waals surface area contributed by atoms with E-state index in [1.54, 1.807) is 0 Å². The van der Waals surface area contributed by atoms with E-state index in [1.165, 1.54) is 0 Å². The third kappa shape index (κ3) is 2.96. The summed E-state index contributed by atoms with van der Waals surface area (Å²) in [5.74, 6) is 2.58. The van der Waals surface area contributed by atoms with Gasteiger partial charge in [-0.15, -0.1) is 6.42 Å². The van der Waals surface area contributed by atoms with Gasteiger partial charge in [-0.1, -0.05) is 42.3 Å². The van der Waals surface area contributed by atoms with E-state index >= 15 is 0 Å². The van der Waals surface area contributed by atoms with Crippen LogP contribution in [0.2, 0.25) is 0 Å². The Morgan fingerprint density at radius 2 is 2.19 bits per heavy atom. The Bertz CT molecular complexity index is 389. The Kier molecular flexibility index (Phi) is 3.76. The molecule has 0 aromatic heterocycles. The molecule has 2 heteroatoms. The van der Waals surface area contributed by atoms with Crippen LogP contribution in [0.4, 0.5) is 0 Å². The van der Waals surface area contributed by atoms with Crippen molar-refractivity contribution in [1.29, 1.82) is 0 Å². The molecule has 2 rings (SSSR count). The summed E-state index contributed by atoms with van der Waals surface area (Å²) in [6.07, 6.45) is 9.49. The van der Waals surface area contributed by atoms with Crippen LogP contribution in [0.25, 0.3) is 0 Å². The second-order valence-corrected chi connectivity index (χ2v) is 3.62. The number of rotatable bonds is 3. The maximum Gasteiger partial charge on any atom is 0.178 e. The molecule has 0 amide bonds. The van der Waals surface area contributed by atoms with Crippen molar-refractivity contribution in [3.8, 4) is 12.3 Å². The Hall–Kier alpha value is -1.56. The van der Waals surface area contributed by atoms with Gasteiger partial charge in [-0.3, -0.25) is 0 Å². The topological polar surface area (TPSA) is 18.5 Å². The average molecular weight is 214 g/mol. The van der Waals surface area contributed by atoms with Crippen LogP contribution in [-0.2, 0) is 16.1 Å². The number of terminal acetylenes is 1. The number of ether oxygens (including phenoxy) is 2. The lowest BCUT2D eigenvalue weighted by Gasteiger charge is -2.22. The van der Waals surface area contributed by atoms with E-state index in [0.29, 0.717) is 6.61 Å². The van der Waals surface area contributed by atoms with E-state index in [1.807, 2.05) is 42.5 Å². The summed E-state index contributed by atoms with van der Waals surface area (Å²) in [5.41, 5.74) is 1.13. The van der Waals surface area contributed by atoms with Crippen molar-refractivity contribution >= 4 is 0 Å². The minimum Gasteiger partial charge on any atom is -0.344 e. The predicted molar refractivity (Wildman–Crippen MR) is 62.5 cm³/mol. The molecule has 1 aliphatic rings. The Morgan fingerprint density at radius 3 is 2.94 bits per heavy atom. The molecule has 0 saturated heterocycles. The first-order valence-electron chi connectivity index (χ1n) is 5.32. The van der Waals surface area contributed by atoms with Crippen LogP contribution < -0.4 is 0 Å². The molecule has 1 heterocycles. The second kappa shape index (κ2) is 5.50. The molecule has 1 aliphatic heterocycles. The SMILES string of the molecule is C#C[C@H]1CC=C[C@H](OCc2ccccc2)O1. The standard InChI is InChI=1S/C14H14O2/c1-2-13-9-6-10-14(16-13)15-11-12-7-4-3-5-8-12/h1,3-8,10,13-14H,9,11H2/t13-,14+/m0/s1. The quantitative estimate of drug-likeness (QED) is 0.568. The Morgan fingerprint density at radius 1 is 1.38 bits per heavy atom. The molecular weight excluding hydrogens is 200 g/mol. The van der Waals surface area contributed by atoms with Crippen LogP contribution in [0.1, 0.15) is 12.0 Å². The van der Waals surface area contributed by atoms with E-state index in [4.69, 9.17) is 15.9 Å². The summed E-state index contributed by atoms with van der Waals surface area (Å²) in [6.45, 7) is 0.535. The monoisotopic (exact) mass is 214 g/mol. The van der Waals surface area contributed by atoms with Crippen molar-refractivity contribution in [2.24, 2.45) is 0 Å². The molecule has 16 heavy (non-hydrogen) atoms.